The van der Waals surface area contributed by atoms with Crippen LogP contribution in [0, 0.1) is 13.8 Å². The molecule has 0 saturated heterocycles. The van der Waals surface area contributed by atoms with Crippen molar-refractivity contribution in [2.75, 3.05) is 19.5 Å². The first-order chi connectivity index (χ1) is 10.0. The Bertz CT molecular complexity index is 625. The Hall–Kier alpha value is -2.01. The highest BCUT2D eigenvalue weighted by atomic mass is 35.5. The van der Waals surface area contributed by atoms with Gasteiger partial charge >= 0.3 is 0 Å². The molecule has 112 valence electrons. The van der Waals surface area contributed by atoms with Crippen molar-refractivity contribution in [3.63, 3.8) is 0 Å². The van der Waals surface area contributed by atoms with E-state index in [1.54, 1.807) is 14.2 Å². The first kappa shape index (κ1) is 15.4. The number of anilines is 1. The summed E-state index contributed by atoms with van der Waals surface area (Å²) in [4.78, 5) is 8.54. The summed E-state index contributed by atoms with van der Waals surface area (Å²) in [5.41, 5.74) is 1.77. The Kier molecular flexibility index (Phi) is 4.85. The van der Waals surface area contributed by atoms with E-state index in [-0.39, 0.29) is 0 Å². The molecule has 1 N–H and O–H groups in total. The molecule has 0 spiro atoms. The van der Waals surface area contributed by atoms with Crippen molar-refractivity contribution in [2.24, 2.45) is 0 Å². The van der Waals surface area contributed by atoms with E-state index in [0.717, 1.165) is 22.8 Å². The Balaban J connectivity index is 2.20. The van der Waals surface area contributed by atoms with Crippen LogP contribution in [-0.2, 0) is 6.54 Å². The largest absolute Gasteiger partial charge is 0.497 e. The number of hydrogen-bond acceptors (Lipinski definition) is 5. The third-order valence-corrected chi connectivity index (χ3v) is 3.45. The quantitative estimate of drug-likeness (QED) is 0.917. The third-order valence-electron chi connectivity index (χ3n) is 3.00. The van der Waals surface area contributed by atoms with Crippen LogP contribution in [0.15, 0.2) is 18.2 Å². The van der Waals surface area contributed by atoms with Crippen molar-refractivity contribution >= 4 is 17.4 Å². The zero-order valence-corrected chi connectivity index (χ0v) is 13.3. The Morgan fingerprint density at radius 3 is 2.24 bits per heavy atom. The molecule has 0 aliphatic carbocycles. The van der Waals surface area contributed by atoms with E-state index in [0.29, 0.717) is 23.2 Å². The topological polar surface area (TPSA) is 56.3 Å². The minimum absolute atomic E-state index is 0.537. The number of nitrogens with zero attached hydrogens (tertiary/aromatic N) is 2. The molecule has 0 atom stereocenters. The number of nitrogens with one attached hydrogen (secondary N) is 1. The standard InChI is InChI=1S/C15H18ClN3O2/c1-9-14(16)15(19-10(2)18-9)17-8-11-5-12(20-3)7-13(6-11)21-4/h5-7H,8H2,1-4H3,(H,17,18,19). The van der Waals surface area contributed by atoms with Gasteiger partial charge in [-0.2, -0.15) is 0 Å². The Morgan fingerprint density at radius 2 is 1.67 bits per heavy atom. The second-order valence-corrected chi connectivity index (χ2v) is 4.97. The maximum Gasteiger partial charge on any atom is 0.149 e. The number of hydrogen-bond donors (Lipinski definition) is 1. The van der Waals surface area contributed by atoms with Gasteiger partial charge in [0.25, 0.3) is 0 Å². The molecular weight excluding hydrogens is 290 g/mol. The zero-order chi connectivity index (χ0) is 15.4. The van der Waals surface area contributed by atoms with Crippen LogP contribution < -0.4 is 14.8 Å². The van der Waals surface area contributed by atoms with E-state index in [1.165, 1.54) is 0 Å². The lowest BCUT2D eigenvalue weighted by Crippen LogP contribution is -2.05. The van der Waals surface area contributed by atoms with Crippen LogP contribution in [0.5, 0.6) is 11.5 Å². The molecule has 1 aromatic carbocycles. The number of benzene rings is 1. The summed E-state index contributed by atoms with van der Waals surface area (Å²) in [6.45, 7) is 4.25. The highest BCUT2D eigenvalue weighted by molar-refractivity contribution is 6.33. The number of rotatable bonds is 5. The van der Waals surface area contributed by atoms with E-state index < -0.39 is 0 Å². The van der Waals surface area contributed by atoms with Gasteiger partial charge in [-0.25, -0.2) is 9.97 Å². The first-order valence-electron chi connectivity index (χ1n) is 6.50. The normalized spacial score (nSPS) is 10.3. The number of aryl methyl sites for hydroxylation is 2. The van der Waals surface area contributed by atoms with Crippen LogP contribution >= 0.6 is 11.6 Å². The SMILES string of the molecule is COc1cc(CNc2nc(C)nc(C)c2Cl)cc(OC)c1. The smallest absolute Gasteiger partial charge is 0.149 e. The maximum absolute atomic E-state index is 6.21. The summed E-state index contributed by atoms with van der Waals surface area (Å²) in [7, 11) is 3.25. The summed E-state index contributed by atoms with van der Waals surface area (Å²) in [5.74, 6) is 2.80. The lowest BCUT2D eigenvalue weighted by molar-refractivity contribution is 0.393. The molecule has 1 aromatic heterocycles. The summed E-state index contributed by atoms with van der Waals surface area (Å²) in [5, 5.41) is 3.76. The van der Waals surface area contributed by atoms with Crippen molar-refractivity contribution in [1.82, 2.24) is 9.97 Å². The van der Waals surface area contributed by atoms with Crippen molar-refractivity contribution in [3.8, 4) is 11.5 Å². The average Bonchev–Trinajstić information content (AvgIpc) is 2.48. The van der Waals surface area contributed by atoms with Crippen LogP contribution in [0.4, 0.5) is 5.82 Å². The van der Waals surface area contributed by atoms with E-state index >= 15 is 0 Å². The zero-order valence-electron chi connectivity index (χ0n) is 12.5. The minimum atomic E-state index is 0.537. The van der Waals surface area contributed by atoms with Crippen molar-refractivity contribution in [3.05, 3.63) is 40.3 Å². The maximum atomic E-state index is 6.21. The summed E-state index contributed by atoms with van der Waals surface area (Å²) >= 11 is 6.21. The summed E-state index contributed by atoms with van der Waals surface area (Å²) < 4.78 is 10.5. The van der Waals surface area contributed by atoms with Crippen LogP contribution in [0.1, 0.15) is 17.1 Å². The molecule has 0 bridgehead atoms. The van der Waals surface area contributed by atoms with Gasteiger partial charge in [-0.15, -0.1) is 0 Å². The number of halogens is 1. The lowest BCUT2D eigenvalue weighted by Gasteiger charge is -2.12. The molecule has 2 aromatic rings. The molecule has 21 heavy (non-hydrogen) atoms. The number of methoxy groups -OCH3 is 2. The van der Waals surface area contributed by atoms with Gasteiger partial charge in [-0.3, -0.25) is 0 Å². The minimum Gasteiger partial charge on any atom is -0.497 e. The molecule has 0 aliphatic heterocycles. The molecular formula is C15H18ClN3O2. The molecule has 0 aliphatic rings. The Labute approximate surface area is 129 Å². The number of aromatic nitrogens is 2. The second-order valence-electron chi connectivity index (χ2n) is 4.59. The van der Waals surface area contributed by atoms with Crippen molar-refractivity contribution in [2.45, 2.75) is 20.4 Å². The van der Waals surface area contributed by atoms with Gasteiger partial charge in [0.2, 0.25) is 0 Å². The van der Waals surface area contributed by atoms with E-state index in [2.05, 4.69) is 15.3 Å². The first-order valence-corrected chi connectivity index (χ1v) is 6.88. The molecule has 6 heteroatoms. The van der Waals surface area contributed by atoms with Crippen LogP contribution in [-0.4, -0.2) is 24.2 Å². The van der Waals surface area contributed by atoms with Gasteiger partial charge in [-0.05, 0) is 31.5 Å². The highest BCUT2D eigenvalue weighted by Crippen LogP contribution is 2.25. The van der Waals surface area contributed by atoms with Crippen molar-refractivity contribution < 1.29 is 9.47 Å². The van der Waals surface area contributed by atoms with Crippen LogP contribution in [0.2, 0.25) is 5.02 Å². The van der Waals surface area contributed by atoms with Crippen LogP contribution in [0.3, 0.4) is 0 Å². The fourth-order valence-electron chi connectivity index (χ4n) is 1.97. The van der Waals surface area contributed by atoms with E-state index in [4.69, 9.17) is 21.1 Å². The second kappa shape index (κ2) is 6.63. The van der Waals surface area contributed by atoms with Crippen LogP contribution in [0.25, 0.3) is 0 Å². The Morgan fingerprint density at radius 1 is 1.05 bits per heavy atom. The number of ether oxygens (including phenoxy) is 2. The molecule has 0 saturated carbocycles. The van der Waals surface area contributed by atoms with Crippen molar-refractivity contribution in [1.29, 1.82) is 0 Å². The van der Waals surface area contributed by atoms with E-state index in [1.807, 2.05) is 32.0 Å². The van der Waals surface area contributed by atoms with Gasteiger partial charge in [-0.1, -0.05) is 11.6 Å². The van der Waals surface area contributed by atoms with Gasteiger partial charge < -0.3 is 14.8 Å². The average molecular weight is 308 g/mol. The fourth-order valence-corrected chi connectivity index (χ4v) is 2.12. The molecule has 0 unspecified atom stereocenters. The summed E-state index contributed by atoms with van der Waals surface area (Å²) in [6.07, 6.45) is 0. The molecule has 0 amide bonds. The molecule has 0 fully saturated rings. The lowest BCUT2D eigenvalue weighted by atomic mass is 10.2. The van der Waals surface area contributed by atoms with E-state index in [9.17, 15) is 0 Å². The fraction of sp³-hybridized carbons (Fsp3) is 0.333. The van der Waals surface area contributed by atoms with Gasteiger partial charge in [0.1, 0.15) is 28.2 Å². The highest BCUT2D eigenvalue weighted by Gasteiger charge is 2.08. The van der Waals surface area contributed by atoms with Gasteiger partial charge in [0.15, 0.2) is 0 Å². The molecule has 5 nitrogen and oxygen atoms in total. The van der Waals surface area contributed by atoms with Gasteiger partial charge in [0.05, 0.1) is 19.9 Å². The third kappa shape index (κ3) is 3.76. The predicted octanol–water partition coefficient (Wildman–Crippen LogP) is 3.38. The molecule has 2 rings (SSSR count). The predicted molar refractivity (Wildman–Crippen MR) is 83.4 cm³/mol. The summed E-state index contributed by atoms with van der Waals surface area (Å²) in [6, 6.07) is 5.70. The monoisotopic (exact) mass is 307 g/mol. The molecule has 1 heterocycles. The van der Waals surface area contributed by atoms with Gasteiger partial charge in [0, 0.05) is 12.6 Å². The molecule has 0 radical (unpaired) electrons.